The summed E-state index contributed by atoms with van der Waals surface area (Å²) in [7, 11) is 0. The quantitative estimate of drug-likeness (QED) is 0.0681. The van der Waals surface area contributed by atoms with Crippen LogP contribution in [0, 0.1) is 0 Å². The van der Waals surface area contributed by atoms with Gasteiger partial charge in [-0.05, 0) is 87.1 Å². The molecule has 5 aromatic carbocycles. The summed E-state index contributed by atoms with van der Waals surface area (Å²) in [6.45, 7) is 8.05. The van der Waals surface area contributed by atoms with Gasteiger partial charge in [0, 0.05) is 5.70 Å². The van der Waals surface area contributed by atoms with Gasteiger partial charge < -0.3 is 14.8 Å². The van der Waals surface area contributed by atoms with Crippen molar-refractivity contribution < 1.29 is 23.9 Å². The minimum atomic E-state index is -0.728. The first-order chi connectivity index (χ1) is 27.3. The van der Waals surface area contributed by atoms with E-state index in [0.29, 0.717) is 40.4 Å². The van der Waals surface area contributed by atoms with Crippen molar-refractivity contribution in [1.82, 2.24) is 10.2 Å². The van der Waals surface area contributed by atoms with E-state index in [0.717, 1.165) is 39.2 Å². The molecule has 0 fully saturated rings. The first kappa shape index (κ1) is 39.7. The van der Waals surface area contributed by atoms with Crippen molar-refractivity contribution in [1.29, 1.82) is 0 Å². The van der Waals surface area contributed by atoms with Gasteiger partial charge in [-0.2, -0.15) is 4.99 Å². The SMILES string of the molecule is C=C/C=C\C(=C/C)N1C(=O)/C(=C/c2cc(Br)c(OCc3cccc4ccccc34)c(OCC)c2)C(=O)N=C1SCC(=O)NC(c1ccccc1)c1ccccc1. The zero-order valence-electron chi connectivity index (χ0n) is 31.0. The van der Waals surface area contributed by atoms with Crippen LogP contribution in [0.25, 0.3) is 16.8 Å². The summed E-state index contributed by atoms with van der Waals surface area (Å²) < 4.78 is 12.9. The van der Waals surface area contributed by atoms with Crippen molar-refractivity contribution in [2.24, 2.45) is 4.99 Å². The molecule has 282 valence electrons. The number of hydrogen-bond donors (Lipinski definition) is 1. The van der Waals surface area contributed by atoms with Crippen LogP contribution in [-0.4, -0.2) is 40.1 Å². The molecule has 56 heavy (non-hydrogen) atoms. The number of halogens is 1. The van der Waals surface area contributed by atoms with Crippen LogP contribution >= 0.6 is 27.7 Å². The predicted molar refractivity (Wildman–Crippen MR) is 229 cm³/mol. The number of amides is 3. The molecule has 0 spiro atoms. The van der Waals surface area contributed by atoms with Crippen molar-refractivity contribution in [2.45, 2.75) is 26.5 Å². The minimum absolute atomic E-state index is 0.0819. The number of aliphatic imine (C=N–C) groups is 1. The zero-order valence-corrected chi connectivity index (χ0v) is 33.4. The molecule has 0 bridgehead atoms. The maximum absolute atomic E-state index is 14.3. The molecule has 1 aliphatic heterocycles. The lowest BCUT2D eigenvalue weighted by Gasteiger charge is -2.28. The van der Waals surface area contributed by atoms with Gasteiger partial charge in [-0.3, -0.25) is 19.3 Å². The Morgan fingerprint density at radius 1 is 0.929 bits per heavy atom. The first-order valence-electron chi connectivity index (χ1n) is 18.0. The van der Waals surface area contributed by atoms with Crippen molar-refractivity contribution in [2.75, 3.05) is 12.4 Å². The fraction of sp³-hybridized carbons (Fsp3) is 0.130. The van der Waals surface area contributed by atoms with Gasteiger partial charge in [0.25, 0.3) is 11.8 Å². The van der Waals surface area contributed by atoms with Gasteiger partial charge in [-0.25, -0.2) is 0 Å². The van der Waals surface area contributed by atoms with Crippen molar-refractivity contribution >= 4 is 67.4 Å². The summed E-state index contributed by atoms with van der Waals surface area (Å²) in [5.41, 5.74) is 3.68. The van der Waals surface area contributed by atoms with E-state index in [9.17, 15) is 14.4 Å². The van der Waals surface area contributed by atoms with E-state index in [2.05, 4.69) is 51.0 Å². The van der Waals surface area contributed by atoms with E-state index in [1.165, 1.54) is 11.0 Å². The van der Waals surface area contributed by atoms with Gasteiger partial charge in [0.2, 0.25) is 5.91 Å². The van der Waals surface area contributed by atoms with E-state index in [-0.39, 0.29) is 22.4 Å². The number of hydrogen-bond acceptors (Lipinski definition) is 6. The fourth-order valence-electron chi connectivity index (χ4n) is 6.20. The van der Waals surface area contributed by atoms with Crippen LogP contribution in [0.1, 0.15) is 42.1 Å². The van der Waals surface area contributed by atoms with Crippen LogP contribution in [-0.2, 0) is 21.0 Å². The third-order valence-corrected chi connectivity index (χ3v) is 10.3. The van der Waals surface area contributed by atoms with Gasteiger partial charge in [-0.15, -0.1) is 0 Å². The molecule has 0 aliphatic carbocycles. The number of benzene rings is 5. The number of ether oxygens (including phenoxy) is 2. The summed E-state index contributed by atoms with van der Waals surface area (Å²) in [6.07, 6.45) is 8.19. The summed E-state index contributed by atoms with van der Waals surface area (Å²) in [5.74, 6) is -0.776. The summed E-state index contributed by atoms with van der Waals surface area (Å²) >= 11 is 4.65. The average molecular weight is 827 g/mol. The smallest absolute Gasteiger partial charge is 0.285 e. The van der Waals surface area contributed by atoms with Crippen LogP contribution in [0.15, 0.2) is 167 Å². The second-order valence-corrected chi connectivity index (χ2v) is 14.3. The molecule has 5 aromatic rings. The monoisotopic (exact) mass is 825 g/mol. The number of amidine groups is 1. The summed E-state index contributed by atoms with van der Waals surface area (Å²) in [6, 6.07) is 36.6. The van der Waals surface area contributed by atoms with Crippen molar-refractivity contribution in [3.05, 3.63) is 184 Å². The molecule has 8 nitrogen and oxygen atoms in total. The molecule has 0 atom stereocenters. The average Bonchev–Trinajstić information content (AvgIpc) is 3.22. The highest BCUT2D eigenvalue weighted by atomic mass is 79.9. The molecule has 0 saturated carbocycles. The molecule has 1 aliphatic rings. The summed E-state index contributed by atoms with van der Waals surface area (Å²) in [4.78, 5) is 47.2. The number of rotatable bonds is 14. The lowest BCUT2D eigenvalue weighted by atomic mass is 9.99. The molecule has 0 radical (unpaired) electrons. The molecule has 0 saturated heterocycles. The van der Waals surface area contributed by atoms with Crippen LogP contribution in [0.3, 0.4) is 0 Å². The highest BCUT2D eigenvalue weighted by molar-refractivity contribution is 9.10. The molecule has 1 N–H and O–H groups in total. The van der Waals surface area contributed by atoms with Crippen LogP contribution in [0.2, 0.25) is 0 Å². The number of carbonyl (C=O) groups excluding carboxylic acids is 3. The molecule has 10 heteroatoms. The van der Waals surface area contributed by atoms with E-state index in [4.69, 9.17) is 9.47 Å². The van der Waals surface area contributed by atoms with Gasteiger partial charge in [0.1, 0.15) is 12.2 Å². The number of fused-ring (bicyclic) bond motifs is 1. The largest absolute Gasteiger partial charge is 0.490 e. The third-order valence-electron chi connectivity index (χ3n) is 8.81. The van der Waals surface area contributed by atoms with Crippen LogP contribution in [0.4, 0.5) is 0 Å². The molecular formula is C46H40BrN3O5S. The molecule has 3 amide bonds. The Bertz CT molecular complexity index is 2330. The van der Waals surface area contributed by atoms with Gasteiger partial charge >= 0.3 is 0 Å². The maximum Gasteiger partial charge on any atom is 0.285 e. The second-order valence-electron chi connectivity index (χ2n) is 12.5. The van der Waals surface area contributed by atoms with E-state index < -0.39 is 17.9 Å². The normalized spacial score (nSPS) is 14.1. The summed E-state index contributed by atoms with van der Waals surface area (Å²) in [5, 5.41) is 5.40. The molecule has 1 heterocycles. The Labute approximate surface area is 339 Å². The lowest BCUT2D eigenvalue weighted by Crippen LogP contribution is -2.42. The van der Waals surface area contributed by atoms with Crippen molar-refractivity contribution in [3.63, 3.8) is 0 Å². The highest BCUT2D eigenvalue weighted by Gasteiger charge is 2.35. The van der Waals surface area contributed by atoms with Crippen molar-refractivity contribution in [3.8, 4) is 11.5 Å². The Kier molecular flexibility index (Phi) is 13.5. The van der Waals surface area contributed by atoms with Gasteiger partial charge in [0.05, 0.1) is 22.9 Å². The standard InChI is InChI=1S/C46H40BrN3O5S/c1-4-7-24-36(5-2)50-45(53)38(44(52)49-46(50)56-30-41(51)48-42(33-18-10-8-11-19-33)34-20-12-9-13-21-34)26-31-27-39(47)43(40(28-31)54-6-3)55-29-35-23-16-22-32-17-14-15-25-37(32)35/h4-5,7-28,42H,1,6,29-30H2,2-3H3,(H,48,51)/b24-7-,36-5+,38-26+. The topological polar surface area (TPSA) is 97.3 Å². The predicted octanol–water partition coefficient (Wildman–Crippen LogP) is 9.97. The minimum Gasteiger partial charge on any atom is -0.490 e. The highest BCUT2D eigenvalue weighted by Crippen LogP contribution is 2.39. The number of nitrogens with one attached hydrogen (secondary N) is 1. The van der Waals surface area contributed by atoms with Crippen LogP contribution in [0.5, 0.6) is 11.5 Å². The van der Waals surface area contributed by atoms with E-state index in [1.54, 1.807) is 43.4 Å². The molecule has 0 unspecified atom stereocenters. The van der Waals surface area contributed by atoms with Gasteiger partial charge in [0.15, 0.2) is 16.7 Å². The number of allylic oxidation sites excluding steroid dienone is 4. The van der Waals surface area contributed by atoms with Crippen LogP contribution < -0.4 is 14.8 Å². The third kappa shape index (κ3) is 9.45. The molecule has 6 rings (SSSR count). The second kappa shape index (κ2) is 19.1. The van der Waals surface area contributed by atoms with E-state index >= 15 is 0 Å². The van der Waals surface area contributed by atoms with Gasteiger partial charge in [-0.1, -0.05) is 140 Å². The molecular weight excluding hydrogens is 786 g/mol. The zero-order chi connectivity index (χ0) is 39.4. The Morgan fingerprint density at radius 3 is 2.29 bits per heavy atom. The Morgan fingerprint density at radius 2 is 1.61 bits per heavy atom. The number of thioether (sulfide) groups is 1. The number of nitrogens with zero attached hydrogens (tertiary/aromatic N) is 2. The number of carbonyl (C=O) groups is 3. The first-order valence-corrected chi connectivity index (χ1v) is 19.8. The Hall–Kier alpha value is -5.97. The Balaban J connectivity index is 1.27. The maximum atomic E-state index is 14.3. The fourth-order valence-corrected chi connectivity index (χ4v) is 7.59. The lowest BCUT2D eigenvalue weighted by molar-refractivity contribution is -0.126. The molecule has 0 aromatic heterocycles. The van der Waals surface area contributed by atoms with E-state index in [1.807, 2.05) is 91.9 Å².